The van der Waals surface area contributed by atoms with Crippen molar-refractivity contribution in [2.75, 3.05) is 11.9 Å². The minimum atomic E-state index is 0.841. The van der Waals surface area contributed by atoms with E-state index in [0.717, 1.165) is 36.5 Å². The summed E-state index contributed by atoms with van der Waals surface area (Å²) >= 11 is 0. The molecule has 0 bridgehead atoms. The number of aryl methyl sites for hydroxylation is 2. The lowest BCUT2D eigenvalue weighted by molar-refractivity contribution is 0.801. The van der Waals surface area contributed by atoms with E-state index in [0.29, 0.717) is 0 Å². The SMILES string of the molecule is Cc1nnc2c3c(cnn12)NCCC3. The van der Waals surface area contributed by atoms with Gasteiger partial charge in [-0.15, -0.1) is 10.2 Å². The Hall–Kier alpha value is -1.65. The molecule has 0 saturated heterocycles. The van der Waals surface area contributed by atoms with Gasteiger partial charge in [-0.3, -0.25) is 0 Å². The number of nitrogens with one attached hydrogen (secondary N) is 1. The third-order valence-corrected chi connectivity index (χ3v) is 2.61. The van der Waals surface area contributed by atoms with E-state index in [1.54, 1.807) is 4.52 Å². The molecule has 0 atom stereocenters. The van der Waals surface area contributed by atoms with Gasteiger partial charge in [0.05, 0.1) is 11.9 Å². The van der Waals surface area contributed by atoms with Gasteiger partial charge in [0.15, 0.2) is 11.5 Å². The Balaban J connectivity index is 2.35. The van der Waals surface area contributed by atoms with E-state index in [9.17, 15) is 0 Å². The second kappa shape index (κ2) is 2.67. The minimum absolute atomic E-state index is 0.841. The average Bonchev–Trinajstić information content (AvgIpc) is 2.61. The van der Waals surface area contributed by atoms with Gasteiger partial charge >= 0.3 is 0 Å². The molecule has 1 aliphatic rings. The lowest BCUT2D eigenvalue weighted by Crippen LogP contribution is -2.14. The quantitative estimate of drug-likeness (QED) is 0.665. The number of nitrogens with zero attached hydrogens (tertiary/aromatic N) is 4. The average molecular weight is 189 g/mol. The van der Waals surface area contributed by atoms with Crippen LogP contribution in [0.25, 0.3) is 5.65 Å². The number of aromatic nitrogens is 4. The highest BCUT2D eigenvalue weighted by Gasteiger charge is 2.15. The standard InChI is InChI=1S/C9H11N5/c1-6-12-13-9-7-3-2-4-10-8(7)5-11-14(6)9/h5,10H,2-4H2,1H3. The molecule has 0 amide bonds. The highest BCUT2D eigenvalue weighted by molar-refractivity contribution is 5.63. The Morgan fingerprint density at radius 3 is 3.29 bits per heavy atom. The first-order valence-electron chi connectivity index (χ1n) is 4.80. The highest BCUT2D eigenvalue weighted by Crippen LogP contribution is 2.23. The van der Waals surface area contributed by atoms with E-state index in [-0.39, 0.29) is 0 Å². The van der Waals surface area contributed by atoms with Gasteiger partial charge in [-0.2, -0.15) is 9.61 Å². The number of anilines is 1. The van der Waals surface area contributed by atoms with E-state index < -0.39 is 0 Å². The van der Waals surface area contributed by atoms with E-state index in [1.807, 2.05) is 13.1 Å². The lowest BCUT2D eigenvalue weighted by Gasteiger charge is -2.16. The monoisotopic (exact) mass is 189 g/mol. The number of hydrogen-bond acceptors (Lipinski definition) is 4. The van der Waals surface area contributed by atoms with Crippen molar-refractivity contribution in [3.8, 4) is 0 Å². The van der Waals surface area contributed by atoms with Crippen molar-refractivity contribution >= 4 is 11.3 Å². The van der Waals surface area contributed by atoms with Crippen LogP contribution in [0.1, 0.15) is 17.8 Å². The maximum atomic E-state index is 4.28. The van der Waals surface area contributed by atoms with Crippen LogP contribution in [0.15, 0.2) is 6.20 Å². The van der Waals surface area contributed by atoms with Crippen LogP contribution in [-0.2, 0) is 6.42 Å². The topological polar surface area (TPSA) is 55.1 Å². The van der Waals surface area contributed by atoms with Crippen molar-refractivity contribution < 1.29 is 0 Å². The summed E-state index contributed by atoms with van der Waals surface area (Å²) in [4.78, 5) is 0. The van der Waals surface area contributed by atoms with Crippen LogP contribution in [0.2, 0.25) is 0 Å². The molecule has 5 heteroatoms. The zero-order chi connectivity index (χ0) is 9.54. The summed E-state index contributed by atoms with van der Waals surface area (Å²) in [6.45, 7) is 2.94. The largest absolute Gasteiger partial charge is 0.383 e. The lowest BCUT2D eigenvalue weighted by atomic mass is 10.1. The first-order chi connectivity index (χ1) is 6.86. The number of hydrogen-bond donors (Lipinski definition) is 1. The van der Waals surface area contributed by atoms with Crippen molar-refractivity contribution in [2.24, 2.45) is 0 Å². The van der Waals surface area contributed by atoms with Crippen molar-refractivity contribution in [3.63, 3.8) is 0 Å². The molecule has 3 heterocycles. The molecule has 1 N–H and O–H groups in total. The van der Waals surface area contributed by atoms with Gasteiger partial charge in [-0.25, -0.2) is 0 Å². The van der Waals surface area contributed by atoms with Crippen LogP contribution in [-0.4, -0.2) is 26.4 Å². The summed E-state index contributed by atoms with van der Waals surface area (Å²) in [7, 11) is 0. The molecule has 0 fully saturated rings. The van der Waals surface area contributed by atoms with E-state index in [1.165, 1.54) is 5.56 Å². The molecule has 0 radical (unpaired) electrons. The van der Waals surface area contributed by atoms with Gasteiger partial charge in [0, 0.05) is 12.1 Å². The molecular weight excluding hydrogens is 178 g/mol. The van der Waals surface area contributed by atoms with Crippen LogP contribution in [0.4, 0.5) is 5.69 Å². The summed E-state index contributed by atoms with van der Waals surface area (Å²) in [5.41, 5.74) is 3.25. The summed E-state index contributed by atoms with van der Waals surface area (Å²) in [6.07, 6.45) is 4.07. The summed E-state index contributed by atoms with van der Waals surface area (Å²) in [5, 5.41) is 15.8. The predicted octanol–water partition coefficient (Wildman–Crippen LogP) is 0.791. The van der Waals surface area contributed by atoms with E-state index in [2.05, 4.69) is 20.6 Å². The van der Waals surface area contributed by atoms with Gasteiger partial charge in [0.1, 0.15) is 0 Å². The van der Waals surface area contributed by atoms with E-state index in [4.69, 9.17) is 0 Å². The van der Waals surface area contributed by atoms with Crippen molar-refractivity contribution in [3.05, 3.63) is 17.6 Å². The fraction of sp³-hybridized carbons (Fsp3) is 0.444. The van der Waals surface area contributed by atoms with Crippen molar-refractivity contribution in [2.45, 2.75) is 19.8 Å². The van der Waals surface area contributed by atoms with Gasteiger partial charge in [-0.05, 0) is 19.8 Å². The number of rotatable bonds is 0. The Morgan fingerprint density at radius 1 is 1.43 bits per heavy atom. The first-order valence-corrected chi connectivity index (χ1v) is 4.80. The van der Waals surface area contributed by atoms with Crippen molar-refractivity contribution in [1.82, 2.24) is 19.8 Å². The van der Waals surface area contributed by atoms with Gasteiger partial charge in [-0.1, -0.05) is 0 Å². The van der Waals surface area contributed by atoms with Crippen molar-refractivity contribution in [1.29, 1.82) is 0 Å². The maximum absolute atomic E-state index is 4.28. The fourth-order valence-corrected chi connectivity index (χ4v) is 1.89. The van der Waals surface area contributed by atoms with E-state index >= 15 is 0 Å². The second-order valence-electron chi connectivity index (χ2n) is 3.55. The summed E-state index contributed by atoms with van der Waals surface area (Å²) in [6, 6.07) is 0. The molecule has 0 saturated carbocycles. The molecule has 0 spiro atoms. The third kappa shape index (κ3) is 0.921. The second-order valence-corrected chi connectivity index (χ2v) is 3.55. The van der Waals surface area contributed by atoms with Crippen LogP contribution in [0.3, 0.4) is 0 Å². The minimum Gasteiger partial charge on any atom is -0.383 e. The normalized spacial score (nSPS) is 15.2. The molecule has 2 aromatic heterocycles. The van der Waals surface area contributed by atoms with Crippen LogP contribution in [0, 0.1) is 6.92 Å². The molecule has 3 rings (SSSR count). The molecular formula is C9H11N5. The van der Waals surface area contributed by atoms with Gasteiger partial charge < -0.3 is 5.32 Å². The molecule has 0 aromatic carbocycles. The molecule has 2 aromatic rings. The zero-order valence-electron chi connectivity index (χ0n) is 7.99. The molecule has 14 heavy (non-hydrogen) atoms. The Bertz CT molecular complexity index is 487. The van der Waals surface area contributed by atoms with Crippen LogP contribution in [0.5, 0.6) is 0 Å². The molecule has 5 nitrogen and oxygen atoms in total. The highest BCUT2D eigenvalue weighted by atomic mass is 15.4. The predicted molar refractivity (Wildman–Crippen MR) is 52.3 cm³/mol. The Labute approximate surface area is 81.1 Å². The Kier molecular flexibility index (Phi) is 1.47. The first kappa shape index (κ1) is 7.73. The Morgan fingerprint density at radius 2 is 2.36 bits per heavy atom. The third-order valence-electron chi connectivity index (χ3n) is 2.61. The molecule has 72 valence electrons. The molecule has 0 unspecified atom stereocenters. The summed E-state index contributed by atoms with van der Waals surface area (Å²) in [5.74, 6) is 0.841. The zero-order valence-corrected chi connectivity index (χ0v) is 7.99. The molecule has 1 aliphatic heterocycles. The number of fused-ring (bicyclic) bond motifs is 3. The fourth-order valence-electron chi connectivity index (χ4n) is 1.89. The maximum Gasteiger partial charge on any atom is 0.183 e. The van der Waals surface area contributed by atoms with Gasteiger partial charge in [0.25, 0.3) is 0 Å². The van der Waals surface area contributed by atoms with Gasteiger partial charge in [0.2, 0.25) is 0 Å². The molecule has 0 aliphatic carbocycles. The summed E-state index contributed by atoms with van der Waals surface area (Å²) < 4.78 is 1.80. The smallest absolute Gasteiger partial charge is 0.183 e. The van der Waals surface area contributed by atoms with Crippen LogP contribution < -0.4 is 5.32 Å². The van der Waals surface area contributed by atoms with Crippen LogP contribution >= 0.6 is 0 Å².